The molecule has 0 radical (unpaired) electrons. The molecule has 0 aliphatic heterocycles. The highest BCUT2D eigenvalue weighted by Gasteiger charge is 1.95. The van der Waals surface area contributed by atoms with Crippen molar-refractivity contribution in [2.24, 2.45) is 0 Å². The summed E-state index contributed by atoms with van der Waals surface area (Å²) in [7, 11) is 0. The van der Waals surface area contributed by atoms with Crippen LogP contribution in [-0.2, 0) is 14.3 Å². The molecule has 0 aromatic heterocycles. The van der Waals surface area contributed by atoms with Crippen molar-refractivity contribution in [3.63, 3.8) is 0 Å². The maximum Gasteiger partial charge on any atom is 0.332 e. The van der Waals surface area contributed by atoms with E-state index in [2.05, 4.69) is 18.8 Å². The molecule has 0 aromatic rings. The number of carbonyl (C=O) groups excluding carboxylic acids is 1. The Morgan fingerprint density at radius 1 is 1.41 bits per heavy atom. The minimum Gasteiger partial charge on any atom is -0.478 e. The molecule has 2 N–H and O–H groups in total. The number of carbonyl (C=O) groups is 2. The van der Waals surface area contributed by atoms with E-state index in [9.17, 15) is 9.59 Å². The lowest BCUT2D eigenvalue weighted by Gasteiger charge is -2.03. The van der Waals surface area contributed by atoms with Gasteiger partial charge in [0, 0.05) is 24.4 Å². The summed E-state index contributed by atoms with van der Waals surface area (Å²) < 4.78 is 4.74. The van der Waals surface area contributed by atoms with Gasteiger partial charge < -0.3 is 15.2 Å². The normalized spacial score (nSPS) is 9.71. The zero-order chi connectivity index (χ0) is 13.7. The van der Waals surface area contributed by atoms with E-state index in [0.29, 0.717) is 6.61 Å². The molecule has 0 aliphatic carbocycles. The summed E-state index contributed by atoms with van der Waals surface area (Å²) in [4.78, 5) is 20.1. The molecule has 0 unspecified atom stereocenters. The molecule has 5 heteroatoms. The molecule has 0 saturated carbocycles. The van der Waals surface area contributed by atoms with Crippen molar-refractivity contribution in [1.82, 2.24) is 5.32 Å². The summed E-state index contributed by atoms with van der Waals surface area (Å²) in [5, 5.41) is 10.7. The third kappa shape index (κ3) is 16.9. The highest BCUT2D eigenvalue weighted by atomic mass is 16.5. The fourth-order valence-corrected chi connectivity index (χ4v) is 0.734. The van der Waals surface area contributed by atoms with Gasteiger partial charge in [0.25, 0.3) is 0 Å². The van der Waals surface area contributed by atoms with Crippen LogP contribution in [0.4, 0.5) is 0 Å². The molecule has 0 rings (SSSR count). The van der Waals surface area contributed by atoms with Gasteiger partial charge in [-0.1, -0.05) is 13.5 Å². The van der Waals surface area contributed by atoms with Crippen molar-refractivity contribution in [1.29, 1.82) is 0 Å². The standard InChI is InChI=1S/C9H17NO2.C3H4O2/c1-4-6-10-8(3)7-9(11)12-5-2;1-2-3(4)5/h7,10H,4-6H2,1-3H3;2H,1H2,(H,4,5)/b8-7-;. The second-order valence-corrected chi connectivity index (χ2v) is 3.05. The Bertz CT molecular complexity index is 272. The molecule has 0 bridgehead atoms. The van der Waals surface area contributed by atoms with Gasteiger partial charge in [0.15, 0.2) is 0 Å². The number of carboxylic acids is 1. The second-order valence-electron chi connectivity index (χ2n) is 3.05. The average molecular weight is 243 g/mol. The van der Waals surface area contributed by atoms with Gasteiger partial charge in [-0.25, -0.2) is 9.59 Å². The quantitative estimate of drug-likeness (QED) is 0.548. The number of hydrogen-bond acceptors (Lipinski definition) is 4. The SMILES string of the molecule is C=CC(=O)O.CCCN/C(C)=C\C(=O)OCC. The Morgan fingerprint density at radius 3 is 2.29 bits per heavy atom. The molecule has 0 amide bonds. The third-order valence-corrected chi connectivity index (χ3v) is 1.45. The molecule has 0 heterocycles. The maximum absolute atomic E-state index is 10.9. The van der Waals surface area contributed by atoms with Crippen molar-refractivity contribution < 1.29 is 19.4 Å². The number of allylic oxidation sites excluding steroid dienone is 1. The largest absolute Gasteiger partial charge is 0.478 e. The summed E-state index contributed by atoms with van der Waals surface area (Å²) in [5.41, 5.74) is 0.857. The summed E-state index contributed by atoms with van der Waals surface area (Å²) in [6, 6.07) is 0. The van der Waals surface area contributed by atoms with Gasteiger partial charge in [-0.15, -0.1) is 0 Å². The van der Waals surface area contributed by atoms with E-state index in [-0.39, 0.29) is 5.97 Å². The van der Waals surface area contributed by atoms with Crippen LogP contribution >= 0.6 is 0 Å². The smallest absolute Gasteiger partial charge is 0.332 e. The summed E-state index contributed by atoms with van der Waals surface area (Å²) in [6.07, 6.45) is 3.35. The number of hydrogen-bond donors (Lipinski definition) is 2. The highest BCUT2D eigenvalue weighted by molar-refractivity contribution is 5.82. The molecule has 5 nitrogen and oxygen atoms in total. The van der Waals surface area contributed by atoms with Crippen LogP contribution < -0.4 is 5.32 Å². The van der Waals surface area contributed by atoms with E-state index in [4.69, 9.17) is 9.84 Å². The molecule has 98 valence electrons. The third-order valence-electron chi connectivity index (χ3n) is 1.45. The first-order valence-electron chi connectivity index (χ1n) is 5.42. The van der Waals surface area contributed by atoms with Gasteiger partial charge in [0.05, 0.1) is 6.61 Å². The van der Waals surface area contributed by atoms with E-state index >= 15 is 0 Å². The van der Waals surface area contributed by atoms with Crippen LogP contribution in [0.3, 0.4) is 0 Å². The van der Waals surface area contributed by atoms with Crippen LogP contribution in [0.5, 0.6) is 0 Å². The van der Waals surface area contributed by atoms with E-state index in [1.165, 1.54) is 6.08 Å². The number of aliphatic carboxylic acids is 1. The Hall–Kier alpha value is -1.78. The fourth-order valence-electron chi connectivity index (χ4n) is 0.734. The Kier molecular flexibility index (Phi) is 12.7. The van der Waals surface area contributed by atoms with Gasteiger partial charge in [-0.05, 0) is 20.3 Å². The van der Waals surface area contributed by atoms with Crippen LogP contribution in [0, 0.1) is 0 Å². The van der Waals surface area contributed by atoms with E-state index in [0.717, 1.165) is 24.7 Å². The van der Waals surface area contributed by atoms with E-state index in [1.54, 1.807) is 6.92 Å². The van der Waals surface area contributed by atoms with Gasteiger partial charge >= 0.3 is 11.9 Å². The van der Waals surface area contributed by atoms with E-state index < -0.39 is 5.97 Å². The van der Waals surface area contributed by atoms with Crippen LogP contribution in [0.1, 0.15) is 27.2 Å². The molecule has 17 heavy (non-hydrogen) atoms. The molecule has 0 aliphatic rings. The summed E-state index contributed by atoms with van der Waals surface area (Å²) in [5.74, 6) is -1.26. The zero-order valence-electron chi connectivity index (χ0n) is 10.7. The summed E-state index contributed by atoms with van der Waals surface area (Å²) in [6.45, 7) is 10.00. The van der Waals surface area contributed by atoms with Crippen LogP contribution in [0.2, 0.25) is 0 Å². The fraction of sp³-hybridized carbons (Fsp3) is 0.500. The molecule has 0 spiro atoms. The minimum absolute atomic E-state index is 0.279. The second kappa shape index (κ2) is 12.3. The Balaban J connectivity index is 0. The van der Waals surface area contributed by atoms with Crippen LogP contribution in [0.15, 0.2) is 24.4 Å². The van der Waals surface area contributed by atoms with Gasteiger partial charge in [0.1, 0.15) is 0 Å². The van der Waals surface area contributed by atoms with Gasteiger partial charge in [-0.2, -0.15) is 0 Å². The van der Waals surface area contributed by atoms with Crippen molar-refractivity contribution in [2.45, 2.75) is 27.2 Å². The van der Waals surface area contributed by atoms with Crippen molar-refractivity contribution >= 4 is 11.9 Å². The number of carboxylic acid groups (broad SMARTS) is 1. The molecule has 0 aromatic carbocycles. The first kappa shape index (κ1) is 17.6. The number of rotatable bonds is 6. The monoisotopic (exact) mass is 243 g/mol. The van der Waals surface area contributed by atoms with Crippen molar-refractivity contribution in [3.05, 3.63) is 24.4 Å². The van der Waals surface area contributed by atoms with E-state index in [1.807, 2.05) is 6.92 Å². The Morgan fingerprint density at radius 2 is 1.94 bits per heavy atom. The lowest BCUT2D eigenvalue weighted by Crippen LogP contribution is -2.13. The van der Waals surface area contributed by atoms with Crippen molar-refractivity contribution in [3.8, 4) is 0 Å². The predicted molar refractivity (Wildman–Crippen MR) is 66.5 cm³/mol. The van der Waals surface area contributed by atoms with Crippen molar-refractivity contribution in [2.75, 3.05) is 13.2 Å². The average Bonchev–Trinajstić information content (AvgIpc) is 2.27. The molecule has 0 fully saturated rings. The maximum atomic E-state index is 10.9. The number of nitrogens with one attached hydrogen (secondary N) is 1. The lowest BCUT2D eigenvalue weighted by molar-refractivity contribution is -0.137. The first-order chi connectivity index (χ1) is 7.97. The van der Waals surface area contributed by atoms with Crippen LogP contribution in [0.25, 0.3) is 0 Å². The number of esters is 1. The Labute approximate surface area is 102 Å². The molecular weight excluding hydrogens is 222 g/mol. The first-order valence-corrected chi connectivity index (χ1v) is 5.42. The zero-order valence-corrected chi connectivity index (χ0v) is 10.7. The highest BCUT2D eigenvalue weighted by Crippen LogP contribution is 1.89. The minimum atomic E-state index is -0.981. The summed E-state index contributed by atoms with van der Waals surface area (Å²) >= 11 is 0. The molecular formula is C12H21NO4. The van der Waals surface area contributed by atoms with Crippen LogP contribution in [-0.4, -0.2) is 30.2 Å². The molecule has 0 saturated heterocycles. The molecule has 0 atom stereocenters. The topological polar surface area (TPSA) is 75.6 Å². The lowest BCUT2D eigenvalue weighted by atomic mass is 10.4. The number of ether oxygens (including phenoxy) is 1. The predicted octanol–water partition coefficient (Wildman–Crippen LogP) is 1.71. The van der Waals surface area contributed by atoms with Gasteiger partial charge in [-0.3, -0.25) is 0 Å². The van der Waals surface area contributed by atoms with Gasteiger partial charge in [0.2, 0.25) is 0 Å².